The minimum absolute atomic E-state index is 0.0921. The summed E-state index contributed by atoms with van der Waals surface area (Å²) >= 11 is 7.69. The summed E-state index contributed by atoms with van der Waals surface area (Å²) < 4.78 is 18.4. The zero-order valence-corrected chi connectivity index (χ0v) is 17.6. The van der Waals surface area contributed by atoms with E-state index in [4.69, 9.17) is 25.8 Å². The molecule has 2 aromatic carbocycles. The summed E-state index contributed by atoms with van der Waals surface area (Å²) in [6.45, 7) is 0.940. The van der Waals surface area contributed by atoms with E-state index in [1.165, 1.54) is 11.3 Å². The molecular weight excluding hydrogens is 424 g/mol. The van der Waals surface area contributed by atoms with Gasteiger partial charge in [-0.2, -0.15) is 0 Å². The molecule has 3 heterocycles. The predicted octanol–water partition coefficient (Wildman–Crippen LogP) is 4.70. The molecule has 30 heavy (non-hydrogen) atoms. The summed E-state index contributed by atoms with van der Waals surface area (Å²) in [5, 5.41) is 0.581. The molecule has 5 rings (SSSR count). The van der Waals surface area contributed by atoms with Crippen LogP contribution in [0.15, 0.2) is 53.6 Å². The second-order valence-corrected chi connectivity index (χ2v) is 8.38. The van der Waals surface area contributed by atoms with Crippen LogP contribution in [-0.2, 0) is 17.9 Å². The molecule has 0 radical (unpaired) electrons. The Balaban J connectivity index is 1.53. The quantitative estimate of drug-likeness (QED) is 0.460. The minimum atomic E-state index is -0.0921. The monoisotopic (exact) mass is 440 g/mol. The number of aromatic nitrogens is 2. The lowest BCUT2D eigenvalue weighted by molar-refractivity contribution is -0.0170. The van der Waals surface area contributed by atoms with Gasteiger partial charge in [-0.3, -0.25) is 9.36 Å². The van der Waals surface area contributed by atoms with Gasteiger partial charge in [-0.05, 0) is 48.0 Å². The van der Waals surface area contributed by atoms with Gasteiger partial charge in [-0.1, -0.05) is 11.6 Å². The fourth-order valence-electron chi connectivity index (χ4n) is 3.51. The lowest BCUT2D eigenvalue weighted by Gasteiger charge is -2.21. The molecule has 0 amide bonds. The number of nitrogens with zero attached hydrogens (tertiary/aromatic N) is 2. The first-order valence-electron chi connectivity index (χ1n) is 9.27. The average molecular weight is 441 g/mol. The third-order valence-corrected chi connectivity index (χ3v) is 6.35. The third kappa shape index (κ3) is 3.45. The topological polar surface area (TPSA) is 62.6 Å². The first-order valence-corrected chi connectivity index (χ1v) is 10.5. The lowest BCUT2D eigenvalue weighted by Crippen LogP contribution is -2.21. The molecule has 0 spiro atoms. The Morgan fingerprint density at radius 3 is 2.87 bits per heavy atom. The normalized spacial score (nSPS) is 13.1. The van der Waals surface area contributed by atoms with E-state index >= 15 is 0 Å². The molecule has 4 aromatic rings. The number of rotatable bonds is 4. The molecule has 0 atom stereocenters. The van der Waals surface area contributed by atoms with Gasteiger partial charge in [0.1, 0.15) is 16.2 Å². The molecule has 1 aliphatic heterocycles. The number of hydrogen-bond donors (Lipinski definition) is 0. The van der Waals surface area contributed by atoms with Crippen molar-refractivity contribution in [1.82, 2.24) is 9.55 Å². The summed E-state index contributed by atoms with van der Waals surface area (Å²) in [5.74, 6) is 1.51. The Labute approximate surface area is 181 Å². The molecule has 1 aliphatic rings. The highest BCUT2D eigenvalue weighted by molar-refractivity contribution is 7.22. The molecule has 0 fully saturated rings. The molecule has 0 saturated heterocycles. The largest absolute Gasteiger partial charge is 0.497 e. The van der Waals surface area contributed by atoms with Crippen LogP contribution in [0.2, 0.25) is 5.02 Å². The van der Waals surface area contributed by atoms with Crippen molar-refractivity contribution in [2.24, 2.45) is 0 Å². The molecule has 0 N–H and O–H groups in total. The van der Waals surface area contributed by atoms with E-state index in [0.29, 0.717) is 28.4 Å². The fourth-order valence-corrected chi connectivity index (χ4v) is 4.84. The number of benzene rings is 2. The van der Waals surface area contributed by atoms with Gasteiger partial charge >= 0.3 is 0 Å². The Morgan fingerprint density at radius 1 is 1.23 bits per heavy atom. The van der Waals surface area contributed by atoms with Gasteiger partial charge in [-0.25, -0.2) is 4.98 Å². The highest BCUT2D eigenvalue weighted by atomic mass is 35.5. The van der Waals surface area contributed by atoms with Crippen molar-refractivity contribution in [2.75, 3.05) is 13.9 Å². The van der Waals surface area contributed by atoms with Gasteiger partial charge < -0.3 is 14.2 Å². The second-order valence-electron chi connectivity index (χ2n) is 6.89. The minimum Gasteiger partial charge on any atom is -0.497 e. The van der Waals surface area contributed by atoms with Crippen molar-refractivity contribution in [1.29, 1.82) is 0 Å². The second kappa shape index (κ2) is 7.75. The number of hydrogen-bond acceptors (Lipinski definition) is 6. The van der Waals surface area contributed by atoms with E-state index in [9.17, 15) is 4.79 Å². The SMILES string of the molecule is COc1ccc(-c2cc3ncn(Cc4cc(Cl)cc5c4OCOC5)c(=O)c3s2)cc1. The van der Waals surface area contributed by atoms with Crippen LogP contribution >= 0.6 is 22.9 Å². The summed E-state index contributed by atoms with van der Waals surface area (Å²) in [6.07, 6.45) is 1.57. The summed E-state index contributed by atoms with van der Waals surface area (Å²) in [5.41, 5.74) is 3.32. The van der Waals surface area contributed by atoms with Crippen molar-refractivity contribution in [3.63, 3.8) is 0 Å². The Kier molecular flexibility index (Phi) is 4.94. The number of fused-ring (bicyclic) bond motifs is 2. The van der Waals surface area contributed by atoms with Gasteiger partial charge in [0.15, 0.2) is 6.79 Å². The van der Waals surface area contributed by atoms with Crippen molar-refractivity contribution in [3.8, 4) is 21.9 Å². The first-order chi connectivity index (χ1) is 14.6. The number of thiophene rings is 1. The number of methoxy groups -OCH3 is 1. The lowest BCUT2D eigenvalue weighted by atomic mass is 10.1. The van der Waals surface area contributed by atoms with E-state index in [2.05, 4.69) is 4.98 Å². The molecule has 152 valence electrons. The van der Waals surface area contributed by atoms with Gasteiger partial charge in [0.2, 0.25) is 0 Å². The molecular formula is C22H17ClN2O4S. The van der Waals surface area contributed by atoms with Crippen LogP contribution in [0, 0.1) is 0 Å². The van der Waals surface area contributed by atoms with Gasteiger partial charge in [0, 0.05) is 21.0 Å². The Hall–Kier alpha value is -2.87. The van der Waals surface area contributed by atoms with Crippen molar-refractivity contribution in [2.45, 2.75) is 13.2 Å². The van der Waals surface area contributed by atoms with Crippen molar-refractivity contribution < 1.29 is 14.2 Å². The standard InChI is InChI=1S/C22H17ClN2O4S/c1-27-17-4-2-13(3-5-17)19-8-18-21(30-19)22(26)25(11-24-18)9-14-6-16(23)7-15-10-28-12-29-20(14)15/h2-8,11H,9-10,12H2,1H3. The highest BCUT2D eigenvalue weighted by Gasteiger charge is 2.18. The van der Waals surface area contributed by atoms with Crippen LogP contribution in [0.4, 0.5) is 0 Å². The zero-order valence-electron chi connectivity index (χ0n) is 16.1. The van der Waals surface area contributed by atoms with E-state index in [1.54, 1.807) is 18.0 Å². The molecule has 0 aliphatic carbocycles. The van der Waals surface area contributed by atoms with Crippen LogP contribution < -0.4 is 15.0 Å². The number of halogens is 1. The fraction of sp³-hybridized carbons (Fsp3) is 0.182. The first kappa shape index (κ1) is 19.1. The maximum atomic E-state index is 13.1. The predicted molar refractivity (Wildman–Crippen MR) is 117 cm³/mol. The highest BCUT2D eigenvalue weighted by Crippen LogP contribution is 2.33. The van der Waals surface area contributed by atoms with E-state index in [0.717, 1.165) is 33.1 Å². The number of ether oxygens (including phenoxy) is 3. The average Bonchev–Trinajstić information content (AvgIpc) is 3.21. The Morgan fingerprint density at radius 2 is 2.07 bits per heavy atom. The third-order valence-electron chi connectivity index (χ3n) is 4.97. The summed E-state index contributed by atoms with van der Waals surface area (Å²) in [7, 11) is 1.63. The molecule has 0 bridgehead atoms. The molecule has 6 nitrogen and oxygen atoms in total. The zero-order chi connectivity index (χ0) is 20.7. The van der Waals surface area contributed by atoms with Crippen LogP contribution in [0.25, 0.3) is 20.7 Å². The maximum Gasteiger partial charge on any atom is 0.271 e. The smallest absolute Gasteiger partial charge is 0.271 e. The molecule has 0 unspecified atom stereocenters. The van der Waals surface area contributed by atoms with E-state index in [-0.39, 0.29) is 12.4 Å². The van der Waals surface area contributed by atoms with Crippen LogP contribution in [-0.4, -0.2) is 23.5 Å². The Bertz CT molecular complexity index is 1300. The summed E-state index contributed by atoms with van der Waals surface area (Å²) in [4.78, 5) is 18.6. The van der Waals surface area contributed by atoms with E-state index < -0.39 is 0 Å². The maximum absolute atomic E-state index is 13.1. The van der Waals surface area contributed by atoms with Gasteiger partial charge in [0.25, 0.3) is 5.56 Å². The van der Waals surface area contributed by atoms with Gasteiger partial charge in [-0.15, -0.1) is 11.3 Å². The molecule has 0 saturated carbocycles. The molecule has 8 heteroatoms. The van der Waals surface area contributed by atoms with Crippen molar-refractivity contribution in [3.05, 3.63) is 75.3 Å². The van der Waals surface area contributed by atoms with Crippen molar-refractivity contribution >= 4 is 33.2 Å². The van der Waals surface area contributed by atoms with Crippen LogP contribution in [0.1, 0.15) is 11.1 Å². The molecule has 2 aromatic heterocycles. The summed E-state index contributed by atoms with van der Waals surface area (Å²) in [6, 6.07) is 13.3. The van der Waals surface area contributed by atoms with E-state index in [1.807, 2.05) is 42.5 Å². The van der Waals surface area contributed by atoms with Gasteiger partial charge in [0.05, 0.1) is 32.1 Å². The van der Waals surface area contributed by atoms with Crippen LogP contribution in [0.5, 0.6) is 11.5 Å². The van der Waals surface area contributed by atoms with Crippen LogP contribution in [0.3, 0.4) is 0 Å².